The highest BCUT2D eigenvalue weighted by Crippen LogP contribution is 2.39. The average molecular weight is 297 g/mol. The molecule has 0 spiro atoms. The Labute approximate surface area is 119 Å². The van der Waals surface area contributed by atoms with E-state index in [-0.39, 0.29) is 28.8 Å². The van der Waals surface area contributed by atoms with E-state index in [9.17, 15) is 12.8 Å². The van der Waals surface area contributed by atoms with Crippen molar-refractivity contribution < 1.29 is 12.8 Å². The summed E-state index contributed by atoms with van der Waals surface area (Å²) in [4.78, 5) is 0. The molecule has 1 heterocycles. The minimum Gasteiger partial charge on any atom is -0.308 e. The molecule has 1 atom stereocenters. The van der Waals surface area contributed by atoms with Crippen molar-refractivity contribution in [3.63, 3.8) is 0 Å². The average Bonchev–Trinajstić information content (AvgIpc) is 2.59. The van der Waals surface area contributed by atoms with E-state index in [4.69, 9.17) is 0 Å². The summed E-state index contributed by atoms with van der Waals surface area (Å²) in [5.41, 5.74) is 0.485. The summed E-state index contributed by atoms with van der Waals surface area (Å²) in [5.74, 6) is 0.627. The zero-order valence-corrected chi connectivity index (χ0v) is 12.4. The van der Waals surface area contributed by atoms with Crippen molar-refractivity contribution in [1.82, 2.24) is 5.32 Å². The molecule has 0 radical (unpaired) electrons. The van der Waals surface area contributed by atoms with Crippen LogP contribution in [0.5, 0.6) is 0 Å². The van der Waals surface area contributed by atoms with Crippen molar-refractivity contribution in [3.8, 4) is 0 Å². The standard InChI is InChI=1S/C15H20FNO2S/c1-15(6-7-20(18,19)10-15)17-12-8-11(9-12)13-4-2-3-5-14(13)16/h2-5,11-12,17H,6-10H2,1H3. The normalized spacial score (nSPS) is 35.7. The Hall–Kier alpha value is -0.940. The smallest absolute Gasteiger partial charge is 0.152 e. The summed E-state index contributed by atoms with van der Waals surface area (Å²) in [5, 5.41) is 3.46. The van der Waals surface area contributed by atoms with Crippen LogP contribution in [0.15, 0.2) is 24.3 Å². The van der Waals surface area contributed by atoms with Gasteiger partial charge in [0.2, 0.25) is 0 Å². The summed E-state index contributed by atoms with van der Waals surface area (Å²) in [6.07, 6.45) is 2.45. The Balaban J connectivity index is 1.58. The maximum Gasteiger partial charge on any atom is 0.152 e. The number of nitrogens with one attached hydrogen (secondary N) is 1. The quantitative estimate of drug-likeness (QED) is 0.930. The molecule has 3 rings (SSSR count). The molecule has 2 fully saturated rings. The summed E-state index contributed by atoms with van der Waals surface area (Å²) in [6, 6.07) is 7.22. The Morgan fingerprint density at radius 1 is 1.30 bits per heavy atom. The zero-order valence-electron chi connectivity index (χ0n) is 11.6. The molecule has 1 aromatic carbocycles. The molecule has 1 saturated carbocycles. The minimum absolute atomic E-state index is 0.134. The molecule has 5 heteroatoms. The molecule has 0 amide bonds. The van der Waals surface area contributed by atoms with Gasteiger partial charge in [0.15, 0.2) is 9.84 Å². The molecule has 1 aromatic rings. The number of sulfone groups is 1. The fourth-order valence-corrected chi connectivity index (χ4v) is 5.52. The Morgan fingerprint density at radius 2 is 2.00 bits per heavy atom. The fourth-order valence-electron chi connectivity index (χ4n) is 3.41. The van der Waals surface area contributed by atoms with Gasteiger partial charge in [-0.05, 0) is 43.7 Å². The first-order valence-electron chi connectivity index (χ1n) is 7.09. The van der Waals surface area contributed by atoms with Crippen molar-refractivity contribution in [3.05, 3.63) is 35.6 Å². The van der Waals surface area contributed by atoms with Crippen LogP contribution in [0.4, 0.5) is 4.39 Å². The van der Waals surface area contributed by atoms with Crippen LogP contribution in [0.1, 0.15) is 37.7 Å². The topological polar surface area (TPSA) is 46.2 Å². The molecular weight excluding hydrogens is 277 g/mol. The highest BCUT2D eigenvalue weighted by Gasteiger charge is 2.42. The maximum atomic E-state index is 13.7. The van der Waals surface area contributed by atoms with E-state index in [0.717, 1.165) is 18.4 Å². The van der Waals surface area contributed by atoms with Crippen LogP contribution < -0.4 is 5.32 Å². The highest BCUT2D eigenvalue weighted by molar-refractivity contribution is 7.91. The SMILES string of the molecule is CC1(NC2CC(c3ccccc3F)C2)CCS(=O)(=O)C1. The van der Waals surface area contributed by atoms with Gasteiger partial charge >= 0.3 is 0 Å². The molecule has 110 valence electrons. The third-order valence-electron chi connectivity index (χ3n) is 4.54. The van der Waals surface area contributed by atoms with Gasteiger partial charge in [0, 0.05) is 11.6 Å². The summed E-state index contributed by atoms with van der Waals surface area (Å²) < 4.78 is 36.8. The molecule has 3 nitrogen and oxygen atoms in total. The number of benzene rings is 1. The molecule has 1 saturated heterocycles. The van der Waals surface area contributed by atoms with Crippen LogP contribution >= 0.6 is 0 Å². The highest BCUT2D eigenvalue weighted by atomic mass is 32.2. The lowest BCUT2D eigenvalue weighted by atomic mass is 9.74. The molecule has 1 N–H and O–H groups in total. The first kappa shape index (κ1) is 14.0. The Bertz CT molecular complexity index is 610. The number of halogens is 1. The van der Waals surface area contributed by atoms with Crippen molar-refractivity contribution >= 4 is 9.84 Å². The van der Waals surface area contributed by atoms with Gasteiger partial charge in [-0.25, -0.2) is 12.8 Å². The van der Waals surface area contributed by atoms with Crippen LogP contribution in [-0.4, -0.2) is 31.5 Å². The van der Waals surface area contributed by atoms with Gasteiger partial charge in [0.25, 0.3) is 0 Å². The van der Waals surface area contributed by atoms with Crippen LogP contribution in [0.3, 0.4) is 0 Å². The van der Waals surface area contributed by atoms with E-state index in [1.165, 1.54) is 6.07 Å². The van der Waals surface area contributed by atoms with Gasteiger partial charge in [0.05, 0.1) is 11.5 Å². The second-order valence-corrected chi connectivity index (χ2v) is 8.62. The van der Waals surface area contributed by atoms with Crippen molar-refractivity contribution in [2.75, 3.05) is 11.5 Å². The summed E-state index contributed by atoms with van der Waals surface area (Å²) >= 11 is 0. The maximum absolute atomic E-state index is 13.7. The molecule has 1 aliphatic carbocycles. The van der Waals surface area contributed by atoms with E-state index in [1.54, 1.807) is 6.07 Å². The van der Waals surface area contributed by atoms with Gasteiger partial charge in [-0.3, -0.25) is 0 Å². The molecule has 0 bridgehead atoms. The fraction of sp³-hybridized carbons (Fsp3) is 0.600. The molecular formula is C15H20FNO2S. The van der Waals surface area contributed by atoms with Gasteiger partial charge < -0.3 is 5.32 Å². The lowest BCUT2D eigenvalue weighted by Crippen LogP contribution is -2.53. The van der Waals surface area contributed by atoms with E-state index in [1.807, 2.05) is 19.1 Å². The second kappa shape index (κ2) is 4.81. The molecule has 2 aliphatic rings. The van der Waals surface area contributed by atoms with Gasteiger partial charge in [-0.15, -0.1) is 0 Å². The first-order valence-corrected chi connectivity index (χ1v) is 8.92. The molecule has 1 unspecified atom stereocenters. The van der Waals surface area contributed by atoms with Crippen LogP contribution in [0, 0.1) is 5.82 Å². The second-order valence-electron chi connectivity index (χ2n) is 6.43. The third kappa shape index (κ3) is 2.74. The predicted molar refractivity (Wildman–Crippen MR) is 77.0 cm³/mol. The largest absolute Gasteiger partial charge is 0.308 e. The third-order valence-corrected chi connectivity index (χ3v) is 6.44. The first-order chi connectivity index (χ1) is 9.37. The predicted octanol–water partition coefficient (Wildman–Crippen LogP) is 2.24. The van der Waals surface area contributed by atoms with Crippen LogP contribution in [0.2, 0.25) is 0 Å². The van der Waals surface area contributed by atoms with E-state index in [2.05, 4.69) is 5.32 Å². The van der Waals surface area contributed by atoms with Crippen LogP contribution in [0.25, 0.3) is 0 Å². The molecule has 20 heavy (non-hydrogen) atoms. The minimum atomic E-state index is -2.88. The molecule has 0 aromatic heterocycles. The van der Waals surface area contributed by atoms with Crippen molar-refractivity contribution in [2.45, 2.75) is 43.7 Å². The Kier molecular flexibility index (Phi) is 3.37. The lowest BCUT2D eigenvalue weighted by molar-refractivity contribution is 0.225. The zero-order chi connectivity index (χ0) is 14.4. The van der Waals surface area contributed by atoms with Gasteiger partial charge in [0.1, 0.15) is 5.82 Å². The Morgan fingerprint density at radius 3 is 2.60 bits per heavy atom. The number of hydrogen-bond acceptors (Lipinski definition) is 3. The lowest BCUT2D eigenvalue weighted by Gasteiger charge is -2.41. The summed E-state index contributed by atoms with van der Waals surface area (Å²) in [7, 11) is -2.88. The number of rotatable bonds is 3. The van der Waals surface area contributed by atoms with Gasteiger partial charge in [-0.1, -0.05) is 18.2 Å². The van der Waals surface area contributed by atoms with E-state index in [0.29, 0.717) is 12.5 Å². The monoisotopic (exact) mass is 297 g/mol. The van der Waals surface area contributed by atoms with Crippen molar-refractivity contribution in [2.24, 2.45) is 0 Å². The van der Waals surface area contributed by atoms with Crippen LogP contribution in [-0.2, 0) is 9.84 Å². The van der Waals surface area contributed by atoms with E-state index < -0.39 is 9.84 Å². The number of hydrogen-bond donors (Lipinski definition) is 1. The van der Waals surface area contributed by atoms with E-state index >= 15 is 0 Å². The van der Waals surface area contributed by atoms with Crippen molar-refractivity contribution in [1.29, 1.82) is 0 Å². The summed E-state index contributed by atoms with van der Waals surface area (Å²) in [6.45, 7) is 1.98. The van der Waals surface area contributed by atoms with Gasteiger partial charge in [-0.2, -0.15) is 0 Å². The molecule has 1 aliphatic heterocycles.